The van der Waals surface area contributed by atoms with Crippen molar-refractivity contribution >= 4 is 5.91 Å². The SMILES string of the molecule is Cn1cc(C(=O)N2CCC3(CCOCC3)C2)cc1Cc1ccccc1F. The number of aromatic nitrogens is 1. The van der Waals surface area contributed by atoms with E-state index in [2.05, 4.69) is 0 Å². The third kappa shape index (κ3) is 3.28. The smallest absolute Gasteiger partial charge is 0.255 e. The van der Waals surface area contributed by atoms with Crippen LogP contribution in [0.25, 0.3) is 0 Å². The molecule has 4 rings (SSSR count). The lowest BCUT2D eigenvalue weighted by Gasteiger charge is -2.33. The van der Waals surface area contributed by atoms with Gasteiger partial charge in [-0.25, -0.2) is 4.39 Å². The molecule has 1 amide bonds. The fourth-order valence-electron chi connectivity index (χ4n) is 4.24. The Hall–Kier alpha value is -2.14. The molecule has 4 nitrogen and oxygen atoms in total. The molecule has 5 heteroatoms. The second-order valence-electron chi connectivity index (χ2n) is 7.69. The Labute approximate surface area is 153 Å². The van der Waals surface area contributed by atoms with Crippen molar-refractivity contribution in [2.24, 2.45) is 12.5 Å². The predicted octanol–water partition coefficient (Wildman–Crippen LogP) is 3.40. The van der Waals surface area contributed by atoms with Crippen LogP contribution >= 0.6 is 0 Å². The number of amides is 1. The van der Waals surface area contributed by atoms with Crippen molar-refractivity contribution in [3.8, 4) is 0 Å². The van der Waals surface area contributed by atoms with Gasteiger partial charge in [-0.15, -0.1) is 0 Å². The fourth-order valence-corrected chi connectivity index (χ4v) is 4.24. The number of likely N-dealkylation sites (tertiary alicyclic amines) is 1. The van der Waals surface area contributed by atoms with E-state index in [0.29, 0.717) is 17.5 Å². The number of aryl methyl sites for hydroxylation is 1. The van der Waals surface area contributed by atoms with E-state index in [0.717, 1.165) is 51.3 Å². The highest BCUT2D eigenvalue weighted by Crippen LogP contribution is 2.40. The summed E-state index contributed by atoms with van der Waals surface area (Å²) in [6.45, 7) is 3.25. The molecular formula is C21H25FN2O2. The van der Waals surface area contributed by atoms with E-state index < -0.39 is 0 Å². The molecule has 2 aromatic rings. The minimum absolute atomic E-state index is 0.0868. The van der Waals surface area contributed by atoms with Gasteiger partial charge in [-0.2, -0.15) is 0 Å². The standard InChI is InChI=1S/C21H25FN2O2/c1-23-14-17(13-18(23)12-16-4-2-3-5-19(16)22)20(25)24-9-6-21(15-24)7-10-26-11-8-21/h2-5,13-14H,6-12,15H2,1H3. The molecule has 2 saturated heterocycles. The molecular weight excluding hydrogens is 331 g/mol. The zero-order chi connectivity index (χ0) is 18.1. The number of carbonyl (C=O) groups is 1. The first kappa shape index (κ1) is 17.3. The molecule has 2 aliphatic heterocycles. The number of rotatable bonds is 3. The predicted molar refractivity (Wildman–Crippen MR) is 97.6 cm³/mol. The van der Waals surface area contributed by atoms with Crippen LogP contribution in [0, 0.1) is 11.2 Å². The van der Waals surface area contributed by atoms with Crippen LogP contribution in [0.2, 0.25) is 0 Å². The molecule has 0 atom stereocenters. The van der Waals surface area contributed by atoms with Gasteiger partial charge in [0.05, 0.1) is 5.56 Å². The Balaban J connectivity index is 1.48. The first-order chi connectivity index (χ1) is 12.6. The Morgan fingerprint density at radius 3 is 2.77 bits per heavy atom. The Morgan fingerprint density at radius 1 is 1.23 bits per heavy atom. The van der Waals surface area contributed by atoms with E-state index >= 15 is 0 Å². The first-order valence-corrected chi connectivity index (χ1v) is 9.32. The van der Waals surface area contributed by atoms with Crippen LogP contribution in [0.1, 0.15) is 40.9 Å². The number of hydrogen-bond acceptors (Lipinski definition) is 2. The van der Waals surface area contributed by atoms with Crippen LogP contribution in [-0.4, -0.2) is 41.7 Å². The van der Waals surface area contributed by atoms with Gasteiger partial charge in [0, 0.05) is 51.7 Å². The Morgan fingerprint density at radius 2 is 2.00 bits per heavy atom. The zero-order valence-electron chi connectivity index (χ0n) is 15.2. The monoisotopic (exact) mass is 356 g/mol. The Kier molecular flexibility index (Phi) is 4.57. The third-order valence-electron chi connectivity index (χ3n) is 5.96. The highest BCUT2D eigenvalue weighted by atomic mass is 19.1. The van der Waals surface area contributed by atoms with Gasteiger partial charge >= 0.3 is 0 Å². The zero-order valence-corrected chi connectivity index (χ0v) is 15.2. The molecule has 0 radical (unpaired) electrons. The van der Waals surface area contributed by atoms with Crippen molar-refractivity contribution < 1.29 is 13.9 Å². The summed E-state index contributed by atoms with van der Waals surface area (Å²) in [7, 11) is 1.91. The van der Waals surface area contributed by atoms with Gasteiger partial charge in [0.25, 0.3) is 5.91 Å². The summed E-state index contributed by atoms with van der Waals surface area (Å²) in [6.07, 6.45) is 5.51. The van der Waals surface area contributed by atoms with Crippen LogP contribution in [0.5, 0.6) is 0 Å². The molecule has 1 spiro atoms. The maximum atomic E-state index is 13.9. The van der Waals surface area contributed by atoms with Crippen molar-refractivity contribution in [3.05, 3.63) is 59.2 Å². The molecule has 2 aliphatic rings. The molecule has 0 saturated carbocycles. The highest BCUT2D eigenvalue weighted by Gasteiger charge is 2.41. The normalized spacial score (nSPS) is 19.2. The van der Waals surface area contributed by atoms with E-state index in [1.165, 1.54) is 6.07 Å². The van der Waals surface area contributed by atoms with Gasteiger partial charge in [0.1, 0.15) is 5.82 Å². The maximum Gasteiger partial charge on any atom is 0.255 e. The minimum atomic E-state index is -0.206. The molecule has 138 valence electrons. The van der Waals surface area contributed by atoms with Crippen molar-refractivity contribution in [1.29, 1.82) is 0 Å². The number of carbonyl (C=O) groups excluding carboxylic acids is 1. The summed E-state index contributed by atoms with van der Waals surface area (Å²) in [6, 6.07) is 8.70. The molecule has 2 fully saturated rings. The molecule has 0 bridgehead atoms. The molecule has 0 unspecified atom stereocenters. The fraction of sp³-hybridized carbons (Fsp3) is 0.476. The van der Waals surface area contributed by atoms with Crippen LogP contribution in [0.4, 0.5) is 4.39 Å². The number of nitrogens with zero attached hydrogens (tertiary/aromatic N) is 2. The number of benzene rings is 1. The second-order valence-corrected chi connectivity index (χ2v) is 7.69. The van der Waals surface area contributed by atoms with Gasteiger partial charge in [-0.05, 0) is 42.4 Å². The van der Waals surface area contributed by atoms with Crippen LogP contribution in [0.3, 0.4) is 0 Å². The maximum absolute atomic E-state index is 13.9. The van der Waals surface area contributed by atoms with Gasteiger partial charge in [0.15, 0.2) is 0 Å². The van der Waals surface area contributed by atoms with Crippen molar-refractivity contribution in [2.45, 2.75) is 25.7 Å². The summed E-state index contributed by atoms with van der Waals surface area (Å²) >= 11 is 0. The number of hydrogen-bond donors (Lipinski definition) is 0. The number of ether oxygens (including phenoxy) is 1. The second kappa shape index (κ2) is 6.88. The summed E-state index contributed by atoms with van der Waals surface area (Å²) in [4.78, 5) is 14.9. The highest BCUT2D eigenvalue weighted by molar-refractivity contribution is 5.94. The topological polar surface area (TPSA) is 34.5 Å². The molecule has 3 heterocycles. The Bertz CT molecular complexity index is 808. The third-order valence-corrected chi connectivity index (χ3v) is 5.96. The van der Waals surface area contributed by atoms with Crippen molar-refractivity contribution in [3.63, 3.8) is 0 Å². The van der Waals surface area contributed by atoms with Crippen molar-refractivity contribution in [1.82, 2.24) is 9.47 Å². The van der Waals surface area contributed by atoms with E-state index in [1.807, 2.05) is 34.8 Å². The lowest BCUT2D eigenvalue weighted by Crippen LogP contribution is -2.35. The minimum Gasteiger partial charge on any atom is -0.381 e. The van der Waals surface area contributed by atoms with E-state index in [9.17, 15) is 9.18 Å². The van der Waals surface area contributed by atoms with Crippen LogP contribution < -0.4 is 0 Å². The first-order valence-electron chi connectivity index (χ1n) is 9.32. The summed E-state index contributed by atoms with van der Waals surface area (Å²) in [5, 5.41) is 0. The summed E-state index contributed by atoms with van der Waals surface area (Å²) < 4.78 is 21.3. The van der Waals surface area contributed by atoms with Gasteiger partial charge in [-0.3, -0.25) is 4.79 Å². The molecule has 0 aliphatic carbocycles. The summed E-state index contributed by atoms with van der Waals surface area (Å²) in [5.74, 6) is -0.119. The molecule has 1 aromatic heterocycles. The lowest BCUT2D eigenvalue weighted by molar-refractivity contribution is 0.0191. The van der Waals surface area contributed by atoms with E-state index in [4.69, 9.17) is 4.74 Å². The summed E-state index contributed by atoms with van der Waals surface area (Å²) in [5.41, 5.74) is 2.54. The van der Waals surface area contributed by atoms with Crippen LogP contribution in [0.15, 0.2) is 36.5 Å². The average molecular weight is 356 g/mol. The average Bonchev–Trinajstić information content (AvgIpc) is 3.21. The quantitative estimate of drug-likeness (QED) is 0.845. The van der Waals surface area contributed by atoms with Gasteiger partial charge < -0.3 is 14.2 Å². The van der Waals surface area contributed by atoms with E-state index in [-0.39, 0.29) is 17.1 Å². The largest absolute Gasteiger partial charge is 0.381 e. The van der Waals surface area contributed by atoms with Crippen molar-refractivity contribution in [2.75, 3.05) is 26.3 Å². The molecule has 1 aromatic carbocycles. The lowest BCUT2D eigenvalue weighted by atomic mass is 9.80. The van der Waals surface area contributed by atoms with Gasteiger partial charge in [0.2, 0.25) is 0 Å². The number of halogens is 1. The molecule has 0 N–H and O–H groups in total. The van der Waals surface area contributed by atoms with E-state index in [1.54, 1.807) is 12.1 Å². The van der Waals surface area contributed by atoms with Gasteiger partial charge in [-0.1, -0.05) is 18.2 Å². The van der Waals surface area contributed by atoms with Crippen LogP contribution in [-0.2, 0) is 18.2 Å². The molecule has 26 heavy (non-hydrogen) atoms.